The highest BCUT2D eigenvalue weighted by atomic mass is 19.1. The summed E-state index contributed by atoms with van der Waals surface area (Å²) in [5, 5.41) is 7.02. The summed E-state index contributed by atoms with van der Waals surface area (Å²) in [6.07, 6.45) is 3.86. The Labute approximate surface area is 142 Å². The maximum atomic E-state index is 13.7. The molecule has 0 unspecified atom stereocenters. The molecular formula is C16H15FN6O2. The van der Waals surface area contributed by atoms with E-state index < -0.39 is 11.7 Å². The van der Waals surface area contributed by atoms with Crippen molar-refractivity contribution in [2.24, 2.45) is 0 Å². The van der Waals surface area contributed by atoms with E-state index in [1.54, 1.807) is 6.07 Å². The van der Waals surface area contributed by atoms with Crippen LogP contribution >= 0.6 is 0 Å². The molecule has 1 N–H and O–H groups in total. The van der Waals surface area contributed by atoms with Crippen LogP contribution in [-0.4, -0.2) is 51.8 Å². The van der Waals surface area contributed by atoms with Gasteiger partial charge in [0.05, 0.1) is 31.3 Å². The van der Waals surface area contributed by atoms with Crippen LogP contribution in [0.5, 0.6) is 0 Å². The van der Waals surface area contributed by atoms with Crippen LogP contribution in [0.25, 0.3) is 5.65 Å². The number of rotatable bonds is 3. The Kier molecular flexibility index (Phi) is 3.98. The van der Waals surface area contributed by atoms with Crippen molar-refractivity contribution in [2.45, 2.75) is 0 Å². The summed E-state index contributed by atoms with van der Waals surface area (Å²) in [6, 6.07) is 5.04. The van der Waals surface area contributed by atoms with Crippen LogP contribution in [0, 0.1) is 5.82 Å². The first-order valence-electron chi connectivity index (χ1n) is 7.81. The van der Waals surface area contributed by atoms with Gasteiger partial charge in [-0.25, -0.2) is 13.9 Å². The molecule has 1 amide bonds. The van der Waals surface area contributed by atoms with Crippen molar-refractivity contribution in [2.75, 3.05) is 36.5 Å². The Morgan fingerprint density at radius 3 is 2.84 bits per heavy atom. The minimum Gasteiger partial charge on any atom is -0.378 e. The zero-order valence-electron chi connectivity index (χ0n) is 13.2. The van der Waals surface area contributed by atoms with Gasteiger partial charge in [-0.15, -0.1) is 5.10 Å². The third kappa shape index (κ3) is 3.01. The highest BCUT2D eigenvalue weighted by Gasteiger charge is 2.18. The predicted molar refractivity (Wildman–Crippen MR) is 88.2 cm³/mol. The molecule has 0 spiro atoms. The minimum atomic E-state index is -0.605. The fourth-order valence-corrected chi connectivity index (χ4v) is 2.64. The van der Waals surface area contributed by atoms with Gasteiger partial charge >= 0.3 is 0 Å². The molecule has 4 rings (SSSR count). The molecule has 4 heterocycles. The molecule has 8 nitrogen and oxygen atoms in total. The van der Waals surface area contributed by atoms with Crippen LogP contribution in [0.3, 0.4) is 0 Å². The summed E-state index contributed by atoms with van der Waals surface area (Å²) in [7, 11) is 0. The maximum Gasteiger partial charge on any atom is 0.276 e. The van der Waals surface area contributed by atoms with E-state index in [-0.39, 0.29) is 11.4 Å². The number of ether oxygens (including phenoxy) is 1. The number of pyridine rings is 1. The van der Waals surface area contributed by atoms with Crippen LogP contribution in [0.2, 0.25) is 0 Å². The second-order valence-corrected chi connectivity index (χ2v) is 5.51. The molecule has 25 heavy (non-hydrogen) atoms. The highest BCUT2D eigenvalue weighted by molar-refractivity contribution is 6.03. The zero-order valence-corrected chi connectivity index (χ0v) is 13.2. The molecule has 0 saturated carbocycles. The number of fused-ring (bicyclic) bond motifs is 1. The van der Waals surface area contributed by atoms with E-state index in [1.165, 1.54) is 23.0 Å². The molecule has 1 fully saturated rings. The van der Waals surface area contributed by atoms with Crippen LogP contribution in [-0.2, 0) is 4.74 Å². The number of morpholine rings is 1. The quantitative estimate of drug-likeness (QED) is 0.773. The number of nitrogens with one attached hydrogen (secondary N) is 1. The van der Waals surface area contributed by atoms with Gasteiger partial charge in [0.2, 0.25) is 0 Å². The average molecular weight is 342 g/mol. The van der Waals surface area contributed by atoms with E-state index in [1.807, 2.05) is 6.07 Å². The molecule has 1 aliphatic rings. The number of halogens is 1. The number of hydrogen-bond donors (Lipinski definition) is 1. The molecular weight excluding hydrogens is 327 g/mol. The second-order valence-electron chi connectivity index (χ2n) is 5.51. The van der Waals surface area contributed by atoms with Gasteiger partial charge in [-0.1, -0.05) is 0 Å². The van der Waals surface area contributed by atoms with E-state index in [2.05, 4.69) is 25.3 Å². The van der Waals surface area contributed by atoms with Crippen molar-refractivity contribution >= 4 is 23.1 Å². The lowest BCUT2D eigenvalue weighted by Gasteiger charge is -2.27. The number of hydrogen-bond acceptors (Lipinski definition) is 6. The number of anilines is 2. The van der Waals surface area contributed by atoms with Crippen molar-refractivity contribution < 1.29 is 13.9 Å². The summed E-state index contributed by atoms with van der Waals surface area (Å²) in [5.74, 6) is -0.367. The molecule has 0 aromatic carbocycles. The highest BCUT2D eigenvalue weighted by Crippen LogP contribution is 2.17. The Morgan fingerprint density at radius 1 is 1.20 bits per heavy atom. The van der Waals surface area contributed by atoms with E-state index in [9.17, 15) is 9.18 Å². The van der Waals surface area contributed by atoms with Gasteiger partial charge in [-0.3, -0.25) is 9.78 Å². The van der Waals surface area contributed by atoms with Gasteiger partial charge in [0, 0.05) is 19.3 Å². The van der Waals surface area contributed by atoms with Gasteiger partial charge < -0.3 is 15.0 Å². The number of imidazole rings is 1. The van der Waals surface area contributed by atoms with Crippen LogP contribution in [0.4, 0.5) is 15.9 Å². The van der Waals surface area contributed by atoms with Crippen molar-refractivity contribution in [3.05, 3.63) is 48.3 Å². The summed E-state index contributed by atoms with van der Waals surface area (Å²) in [6.45, 7) is 2.74. The van der Waals surface area contributed by atoms with Gasteiger partial charge in [0.15, 0.2) is 17.2 Å². The summed E-state index contributed by atoms with van der Waals surface area (Å²) >= 11 is 0. The standard InChI is InChI=1S/C16H15FN6O2/c17-11-9-18-4-3-12(11)20-16(24)13-10-19-14-1-2-15(21-23(13)14)22-5-7-25-8-6-22/h1-4,9-10H,5-8H2,(H,18,20,24). The van der Waals surface area contributed by atoms with Gasteiger partial charge in [0.1, 0.15) is 5.82 Å². The summed E-state index contributed by atoms with van der Waals surface area (Å²) in [4.78, 5) is 22.4. The van der Waals surface area contributed by atoms with Gasteiger partial charge in [0.25, 0.3) is 5.91 Å². The van der Waals surface area contributed by atoms with Crippen molar-refractivity contribution in [1.82, 2.24) is 19.6 Å². The van der Waals surface area contributed by atoms with E-state index in [0.29, 0.717) is 18.9 Å². The fraction of sp³-hybridized carbons (Fsp3) is 0.250. The lowest BCUT2D eigenvalue weighted by atomic mass is 10.3. The largest absolute Gasteiger partial charge is 0.378 e. The van der Waals surface area contributed by atoms with Crippen molar-refractivity contribution in [3.8, 4) is 0 Å². The third-order valence-corrected chi connectivity index (χ3v) is 3.94. The van der Waals surface area contributed by atoms with Gasteiger partial charge in [-0.2, -0.15) is 0 Å². The first kappa shape index (κ1) is 15.5. The summed E-state index contributed by atoms with van der Waals surface area (Å²) in [5.41, 5.74) is 0.818. The normalized spacial score (nSPS) is 14.7. The maximum absolute atomic E-state index is 13.7. The van der Waals surface area contributed by atoms with Crippen molar-refractivity contribution in [1.29, 1.82) is 0 Å². The first-order chi connectivity index (χ1) is 12.2. The Morgan fingerprint density at radius 2 is 2.04 bits per heavy atom. The molecule has 9 heteroatoms. The number of carbonyl (C=O) groups is 1. The minimum absolute atomic E-state index is 0.0549. The number of aromatic nitrogens is 4. The molecule has 128 valence electrons. The first-order valence-corrected chi connectivity index (χ1v) is 7.81. The Hall–Kier alpha value is -3.07. The molecule has 0 radical (unpaired) electrons. The average Bonchev–Trinajstić information content (AvgIpc) is 3.07. The smallest absolute Gasteiger partial charge is 0.276 e. The SMILES string of the molecule is O=C(Nc1ccncc1F)c1cnc2ccc(N3CCOCC3)nn12. The predicted octanol–water partition coefficient (Wildman–Crippen LogP) is 1.35. The molecule has 1 aliphatic heterocycles. The lowest BCUT2D eigenvalue weighted by Crippen LogP contribution is -2.37. The molecule has 0 atom stereocenters. The molecule has 0 bridgehead atoms. The van der Waals surface area contributed by atoms with E-state index >= 15 is 0 Å². The monoisotopic (exact) mass is 342 g/mol. The molecule has 3 aromatic rings. The lowest BCUT2D eigenvalue weighted by molar-refractivity contribution is 0.101. The number of carbonyl (C=O) groups excluding carboxylic acids is 1. The van der Waals surface area contributed by atoms with Crippen LogP contribution in [0.1, 0.15) is 10.5 Å². The Balaban J connectivity index is 1.65. The number of amides is 1. The van der Waals surface area contributed by atoms with Crippen LogP contribution < -0.4 is 10.2 Å². The Bertz CT molecular complexity index is 922. The third-order valence-electron chi connectivity index (χ3n) is 3.94. The molecule has 1 saturated heterocycles. The van der Waals surface area contributed by atoms with Gasteiger partial charge in [-0.05, 0) is 18.2 Å². The van der Waals surface area contributed by atoms with E-state index in [4.69, 9.17) is 4.74 Å². The van der Waals surface area contributed by atoms with Crippen LogP contribution in [0.15, 0.2) is 36.8 Å². The van der Waals surface area contributed by atoms with E-state index in [0.717, 1.165) is 25.1 Å². The molecule has 0 aliphatic carbocycles. The second kappa shape index (κ2) is 6.44. The number of nitrogens with zero attached hydrogens (tertiary/aromatic N) is 5. The fourth-order valence-electron chi connectivity index (χ4n) is 2.64. The zero-order chi connectivity index (χ0) is 17.2. The molecule has 3 aromatic heterocycles. The summed E-state index contributed by atoms with van der Waals surface area (Å²) < 4.78 is 20.5. The topological polar surface area (TPSA) is 84.7 Å². The van der Waals surface area contributed by atoms with Crippen molar-refractivity contribution in [3.63, 3.8) is 0 Å².